The zero-order chi connectivity index (χ0) is 15.5. The first-order chi connectivity index (χ1) is 10.7. The summed E-state index contributed by atoms with van der Waals surface area (Å²) in [6, 6.07) is 8.24. The van der Waals surface area contributed by atoms with E-state index in [-0.39, 0.29) is 5.56 Å². The van der Waals surface area contributed by atoms with E-state index in [0.29, 0.717) is 11.4 Å². The van der Waals surface area contributed by atoms with Gasteiger partial charge in [-0.3, -0.25) is 14.5 Å². The van der Waals surface area contributed by atoms with Gasteiger partial charge in [-0.15, -0.1) is 0 Å². The number of H-pyrrole nitrogens is 1. The predicted octanol–water partition coefficient (Wildman–Crippen LogP) is 2.84. The molecule has 112 valence electrons. The van der Waals surface area contributed by atoms with E-state index in [1.54, 1.807) is 48.9 Å². The number of aromatic amines is 1. The fourth-order valence-corrected chi connectivity index (χ4v) is 2.30. The van der Waals surface area contributed by atoms with Crippen molar-refractivity contribution in [1.29, 1.82) is 0 Å². The predicted molar refractivity (Wildman–Crippen MR) is 81.0 cm³/mol. The number of nitrogens with zero attached hydrogens (tertiary/aromatic N) is 2. The summed E-state index contributed by atoms with van der Waals surface area (Å²) in [7, 11) is 0. The summed E-state index contributed by atoms with van der Waals surface area (Å²) in [5, 5.41) is 6.69. The Morgan fingerprint density at radius 1 is 1.32 bits per heavy atom. The minimum Gasteiger partial charge on any atom is -0.463 e. The molecule has 2 heterocycles. The molecule has 0 bridgehead atoms. The fraction of sp³-hybridized carbons (Fsp3) is 0.125. The van der Waals surface area contributed by atoms with Gasteiger partial charge >= 0.3 is 0 Å². The number of halogens is 1. The van der Waals surface area contributed by atoms with Crippen molar-refractivity contribution in [1.82, 2.24) is 14.8 Å². The number of hydrogen-bond donors (Lipinski definition) is 1. The first-order valence-electron chi connectivity index (χ1n) is 6.70. The molecule has 0 unspecified atom stereocenters. The van der Waals surface area contributed by atoms with Gasteiger partial charge in [0.2, 0.25) is 6.86 Å². The van der Waals surface area contributed by atoms with Crippen LogP contribution in [0, 0.1) is 6.92 Å². The van der Waals surface area contributed by atoms with E-state index in [1.807, 2.05) is 6.92 Å². The lowest BCUT2D eigenvalue weighted by molar-refractivity contribution is 0.192. The third-order valence-electron chi connectivity index (χ3n) is 3.41. The standard InChI is InChI=1S/C16H14FN3O2/c1-11-6-16(21)20(9-15(11)12-7-18-19-8-12)13-2-4-14(5-3-13)22-10-17/h2-9H,10H2,1H3,(H,18,19). The molecule has 6 heteroatoms. The first kappa shape index (κ1) is 14.1. The van der Waals surface area contributed by atoms with Crippen LogP contribution in [0.3, 0.4) is 0 Å². The highest BCUT2D eigenvalue weighted by molar-refractivity contribution is 5.65. The van der Waals surface area contributed by atoms with Crippen LogP contribution in [0.5, 0.6) is 5.75 Å². The summed E-state index contributed by atoms with van der Waals surface area (Å²) < 4.78 is 18.4. The Bertz CT molecular complexity index is 824. The third-order valence-corrected chi connectivity index (χ3v) is 3.41. The number of aromatic nitrogens is 3. The lowest BCUT2D eigenvalue weighted by atomic mass is 10.1. The number of hydrogen-bond acceptors (Lipinski definition) is 3. The molecule has 0 saturated carbocycles. The molecule has 1 N–H and O–H groups in total. The zero-order valence-corrected chi connectivity index (χ0v) is 11.9. The van der Waals surface area contributed by atoms with E-state index in [0.717, 1.165) is 16.7 Å². The summed E-state index contributed by atoms with van der Waals surface area (Å²) in [5.41, 5.74) is 3.24. The molecule has 22 heavy (non-hydrogen) atoms. The molecule has 5 nitrogen and oxygen atoms in total. The molecule has 1 aromatic carbocycles. The number of alkyl halides is 1. The van der Waals surface area contributed by atoms with E-state index < -0.39 is 6.86 Å². The molecule has 3 aromatic rings. The van der Waals surface area contributed by atoms with Crippen LogP contribution in [-0.4, -0.2) is 21.6 Å². The van der Waals surface area contributed by atoms with Crippen molar-refractivity contribution < 1.29 is 9.13 Å². The van der Waals surface area contributed by atoms with Crippen LogP contribution >= 0.6 is 0 Å². The quantitative estimate of drug-likeness (QED) is 0.806. The monoisotopic (exact) mass is 299 g/mol. The topological polar surface area (TPSA) is 59.9 Å². The van der Waals surface area contributed by atoms with Crippen molar-refractivity contribution in [3.8, 4) is 22.6 Å². The van der Waals surface area contributed by atoms with Gasteiger partial charge in [-0.25, -0.2) is 4.39 Å². The van der Waals surface area contributed by atoms with Crippen LogP contribution in [-0.2, 0) is 0 Å². The Morgan fingerprint density at radius 2 is 2.09 bits per heavy atom. The van der Waals surface area contributed by atoms with Crippen LogP contribution < -0.4 is 10.3 Å². The molecule has 0 amide bonds. The molecule has 0 aliphatic carbocycles. The smallest absolute Gasteiger partial charge is 0.255 e. The van der Waals surface area contributed by atoms with Gasteiger partial charge in [0.25, 0.3) is 5.56 Å². The van der Waals surface area contributed by atoms with Crippen molar-refractivity contribution in [2.24, 2.45) is 0 Å². The van der Waals surface area contributed by atoms with Crippen molar-refractivity contribution in [3.05, 3.63) is 64.8 Å². The summed E-state index contributed by atoms with van der Waals surface area (Å²) in [6.45, 7) is 1.00. The second-order valence-electron chi connectivity index (χ2n) is 4.81. The van der Waals surface area contributed by atoms with Crippen molar-refractivity contribution in [2.45, 2.75) is 6.92 Å². The van der Waals surface area contributed by atoms with Gasteiger partial charge in [0.05, 0.1) is 6.20 Å². The van der Waals surface area contributed by atoms with Gasteiger partial charge in [-0.2, -0.15) is 5.10 Å². The number of rotatable bonds is 4. The summed E-state index contributed by atoms with van der Waals surface area (Å²) in [5.74, 6) is 0.418. The molecular weight excluding hydrogens is 285 g/mol. The van der Waals surface area contributed by atoms with Gasteiger partial charge in [0.15, 0.2) is 0 Å². The maximum Gasteiger partial charge on any atom is 0.255 e. The first-order valence-corrected chi connectivity index (χ1v) is 6.70. The molecule has 0 spiro atoms. The summed E-state index contributed by atoms with van der Waals surface area (Å²) in [4.78, 5) is 12.2. The fourth-order valence-electron chi connectivity index (χ4n) is 2.30. The Kier molecular flexibility index (Phi) is 3.74. The second-order valence-corrected chi connectivity index (χ2v) is 4.81. The van der Waals surface area contributed by atoms with Crippen molar-refractivity contribution >= 4 is 0 Å². The van der Waals surface area contributed by atoms with Crippen LogP contribution in [0.15, 0.2) is 53.7 Å². The van der Waals surface area contributed by atoms with Gasteiger partial charge in [0, 0.05) is 35.3 Å². The van der Waals surface area contributed by atoms with Crippen LogP contribution in [0.2, 0.25) is 0 Å². The minimum absolute atomic E-state index is 0.135. The number of aryl methyl sites for hydroxylation is 1. The lowest BCUT2D eigenvalue weighted by Gasteiger charge is -2.11. The lowest BCUT2D eigenvalue weighted by Crippen LogP contribution is -2.17. The molecule has 2 aromatic heterocycles. The number of pyridine rings is 1. The molecule has 0 atom stereocenters. The third kappa shape index (κ3) is 2.63. The van der Waals surface area contributed by atoms with E-state index in [2.05, 4.69) is 10.2 Å². The van der Waals surface area contributed by atoms with Gasteiger partial charge in [-0.1, -0.05) is 0 Å². The van der Waals surface area contributed by atoms with Crippen LogP contribution in [0.1, 0.15) is 5.56 Å². The molecule has 0 fully saturated rings. The van der Waals surface area contributed by atoms with Gasteiger partial charge < -0.3 is 4.74 Å². The Labute approximate surface area is 126 Å². The largest absolute Gasteiger partial charge is 0.463 e. The SMILES string of the molecule is Cc1cc(=O)n(-c2ccc(OCF)cc2)cc1-c1cn[nH]c1. The number of ether oxygens (including phenoxy) is 1. The highest BCUT2D eigenvalue weighted by Gasteiger charge is 2.08. The minimum atomic E-state index is -0.880. The van der Waals surface area contributed by atoms with Gasteiger partial charge in [0.1, 0.15) is 5.75 Å². The maximum absolute atomic E-state index is 12.2. The Morgan fingerprint density at radius 3 is 2.73 bits per heavy atom. The molecule has 3 rings (SSSR count). The highest BCUT2D eigenvalue weighted by atomic mass is 19.1. The number of nitrogens with one attached hydrogen (secondary N) is 1. The molecule has 0 radical (unpaired) electrons. The van der Waals surface area contributed by atoms with E-state index in [4.69, 9.17) is 4.74 Å². The second kappa shape index (κ2) is 5.85. The zero-order valence-electron chi connectivity index (χ0n) is 11.9. The molecule has 0 aliphatic heterocycles. The van der Waals surface area contributed by atoms with Crippen LogP contribution in [0.4, 0.5) is 4.39 Å². The normalized spacial score (nSPS) is 10.6. The van der Waals surface area contributed by atoms with E-state index >= 15 is 0 Å². The van der Waals surface area contributed by atoms with Crippen molar-refractivity contribution in [3.63, 3.8) is 0 Å². The summed E-state index contributed by atoms with van der Waals surface area (Å²) >= 11 is 0. The summed E-state index contributed by atoms with van der Waals surface area (Å²) in [6.07, 6.45) is 5.25. The average Bonchev–Trinajstić information content (AvgIpc) is 3.03. The van der Waals surface area contributed by atoms with E-state index in [1.165, 1.54) is 4.57 Å². The molecular formula is C16H14FN3O2. The Balaban J connectivity index is 2.07. The van der Waals surface area contributed by atoms with Crippen LogP contribution in [0.25, 0.3) is 16.8 Å². The Hall–Kier alpha value is -2.89. The van der Waals surface area contributed by atoms with Crippen molar-refractivity contribution in [2.75, 3.05) is 6.86 Å². The number of benzene rings is 1. The molecule has 0 saturated heterocycles. The molecule has 0 aliphatic rings. The highest BCUT2D eigenvalue weighted by Crippen LogP contribution is 2.22. The average molecular weight is 299 g/mol. The van der Waals surface area contributed by atoms with Gasteiger partial charge in [-0.05, 0) is 36.8 Å². The maximum atomic E-state index is 12.2. The van der Waals surface area contributed by atoms with E-state index in [9.17, 15) is 9.18 Å².